The van der Waals surface area contributed by atoms with Crippen LogP contribution in [0, 0.1) is 10.1 Å². The van der Waals surface area contributed by atoms with E-state index in [1.54, 1.807) is 49.5 Å². The first-order chi connectivity index (χ1) is 10.1. The highest BCUT2D eigenvalue weighted by atomic mass is 16.6. The lowest BCUT2D eigenvalue weighted by Gasteiger charge is -2.09. The van der Waals surface area contributed by atoms with E-state index >= 15 is 0 Å². The number of nitrogens with zero attached hydrogens (tertiary/aromatic N) is 3. The third-order valence-electron chi connectivity index (χ3n) is 3.32. The lowest BCUT2D eigenvalue weighted by Crippen LogP contribution is -2.20. The van der Waals surface area contributed by atoms with Gasteiger partial charge in [0, 0.05) is 13.1 Å². The summed E-state index contributed by atoms with van der Waals surface area (Å²) in [6.07, 6.45) is 0. The average Bonchev–Trinajstić information content (AvgIpc) is 2.51. The molecule has 104 valence electrons. The van der Waals surface area contributed by atoms with Crippen molar-refractivity contribution in [2.75, 3.05) is 0 Å². The first-order valence-corrected chi connectivity index (χ1v) is 6.29. The number of hydrogen-bond donors (Lipinski definition) is 0. The van der Waals surface area contributed by atoms with Crippen LogP contribution < -0.4 is 5.56 Å². The second-order valence-electron chi connectivity index (χ2n) is 4.59. The zero-order valence-corrected chi connectivity index (χ0v) is 11.2. The van der Waals surface area contributed by atoms with Gasteiger partial charge in [-0.15, -0.1) is 0 Å². The molecule has 3 aromatic rings. The van der Waals surface area contributed by atoms with Gasteiger partial charge in [-0.1, -0.05) is 24.3 Å². The van der Waals surface area contributed by atoms with Gasteiger partial charge >= 0.3 is 0 Å². The quantitative estimate of drug-likeness (QED) is 0.534. The maximum atomic E-state index is 12.4. The minimum Gasteiger partial charge on any atom is -0.295 e. The molecule has 3 rings (SSSR count). The van der Waals surface area contributed by atoms with Gasteiger partial charge in [-0.05, 0) is 18.2 Å². The topological polar surface area (TPSA) is 78.0 Å². The summed E-state index contributed by atoms with van der Waals surface area (Å²) in [4.78, 5) is 27.4. The summed E-state index contributed by atoms with van der Waals surface area (Å²) in [6.45, 7) is 0. The van der Waals surface area contributed by atoms with Gasteiger partial charge in [-0.3, -0.25) is 19.5 Å². The van der Waals surface area contributed by atoms with E-state index in [0.717, 1.165) is 0 Å². The zero-order chi connectivity index (χ0) is 15.0. The summed E-state index contributed by atoms with van der Waals surface area (Å²) in [5.74, 6) is 0.283. The Kier molecular flexibility index (Phi) is 2.98. The summed E-state index contributed by atoms with van der Waals surface area (Å²) < 4.78 is 1.34. The van der Waals surface area contributed by atoms with E-state index < -0.39 is 4.92 Å². The SMILES string of the molecule is Cn1c(-c2ccccc2[N+](=O)[O-])nc2ccccc2c1=O. The maximum absolute atomic E-state index is 12.4. The van der Waals surface area contributed by atoms with E-state index in [0.29, 0.717) is 16.5 Å². The molecule has 0 bridgehead atoms. The zero-order valence-electron chi connectivity index (χ0n) is 11.2. The monoisotopic (exact) mass is 281 g/mol. The van der Waals surface area contributed by atoms with E-state index in [-0.39, 0.29) is 17.1 Å². The molecule has 0 spiro atoms. The lowest BCUT2D eigenvalue weighted by atomic mass is 10.1. The molecule has 0 atom stereocenters. The predicted octanol–water partition coefficient (Wildman–Crippen LogP) is 2.51. The van der Waals surface area contributed by atoms with Crippen LogP contribution in [0.2, 0.25) is 0 Å². The van der Waals surface area contributed by atoms with Crippen LogP contribution in [0.5, 0.6) is 0 Å². The van der Waals surface area contributed by atoms with Gasteiger partial charge in [-0.25, -0.2) is 4.98 Å². The molecule has 0 amide bonds. The molecule has 0 unspecified atom stereocenters. The van der Waals surface area contributed by atoms with E-state index in [4.69, 9.17) is 0 Å². The molecule has 6 heteroatoms. The van der Waals surface area contributed by atoms with Crippen LogP contribution in [0.15, 0.2) is 53.3 Å². The third kappa shape index (κ3) is 2.06. The van der Waals surface area contributed by atoms with Gasteiger partial charge in [-0.2, -0.15) is 0 Å². The number of nitro benzene ring substituents is 1. The highest BCUT2D eigenvalue weighted by Gasteiger charge is 2.19. The van der Waals surface area contributed by atoms with E-state index in [9.17, 15) is 14.9 Å². The van der Waals surface area contributed by atoms with E-state index in [1.807, 2.05) is 0 Å². The Bertz CT molecular complexity index is 915. The van der Waals surface area contributed by atoms with Gasteiger partial charge in [0.1, 0.15) is 5.82 Å². The van der Waals surface area contributed by atoms with Crippen molar-refractivity contribution in [3.05, 3.63) is 69.0 Å². The Labute approximate surface area is 119 Å². The van der Waals surface area contributed by atoms with Crippen LogP contribution in [-0.2, 0) is 7.05 Å². The Balaban J connectivity index is 2.39. The van der Waals surface area contributed by atoms with Crippen LogP contribution in [0.4, 0.5) is 5.69 Å². The van der Waals surface area contributed by atoms with Crippen molar-refractivity contribution in [2.45, 2.75) is 0 Å². The standard InChI is InChI=1S/C15H11N3O3/c1-17-14(11-7-3-5-9-13(11)18(20)21)16-12-8-4-2-6-10(12)15(17)19/h2-9H,1H3. The molecule has 0 fully saturated rings. The van der Waals surface area contributed by atoms with Crippen LogP contribution >= 0.6 is 0 Å². The second-order valence-corrected chi connectivity index (χ2v) is 4.59. The fourth-order valence-corrected chi connectivity index (χ4v) is 2.28. The number of fused-ring (bicyclic) bond motifs is 1. The largest absolute Gasteiger partial charge is 0.295 e. The van der Waals surface area contributed by atoms with Crippen LogP contribution in [0.25, 0.3) is 22.3 Å². The van der Waals surface area contributed by atoms with Crippen molar-refractivity contribution < 1.29 is 4.92 Å². The van der Waals surface area contributed by atoms with Crippen LogP contribution in [-0.4, -0.2) is 14.5 Å². The first kappa shape index (κ1) is 13.0. The fraction of sp³-hybridized carbons (Fsp3) is 0.0667. The van der Waals surface area contributed by atoms with Gasteiger partial charge in [0.2, 0.25) is 0 Å². The highest BCUT2D eigenvalue weighted by Crippen LogP contribution is 2.27. The molecule has 0 aliphatic carbocycles. The minimum atomic E-state index is -0.476. The normalized spacial score (nSPS) is 10.7. The summed E-state index contributed by atoms with van der Waals surface area (Å²) in [7, 11) is 1.56. The molecule has 21 heavy (non-hydrogen) atoms. The molecule has 2 aromatic carbocycles. The predicted molar refractivity (Wildman–Crippen MR) is 79.1 cm³/mol. The molecule has 1 heterocycles. The Hall–Kier alpha value is -3.02. The number of benzene rings is 2. The Morgan fingerprint density at radius 3 is 2.52 bits per heavy atom. The molecule has 0 radical (unpaired) electrons. The number of aromatic nitrogens is 2. The molecule has 0 aliphatic heterocycles. The summed E-state index contributed by atoms with van der Waals surface area (Å²) in [5, 5.41) is 11.6. The van der Waals surface area contributed by atoms with E-state index in [1.165, 1.54) is 10.6 Å². The van der Waals surface area contributed by atoms with Crippen molar-refractivity contribution in [3.8, 4) is 11.4 Å². The molecule has 6 nitrogen and oxygen atoms in total. The molecule has 0 saturated heterocycles. The molecule has 0 saturated carbocycles. The van der Waals surface area contributed by atoms with E-state index in [2.05, 4.69) is 4.98 Å². The Morgan fingerprint density at radius 2 is 1.76 bits per heavy atom. The van der Waals surface area contributed by atoms with Gasteiger partial charge in [0.05, 0.1) is 21.4 Å². The first-order valence-electron chi connectivity index (χ1n) is 6.29. The number of para-hydroxylation sites is 2. The summed E-state index contributed by atoms with van der Waals surface area (Å²) >= 11 is 0. The van der Waals surface area contributed by atoms with Crippen molar-refractivity contribution in [1.29, 1.82) is 0 Å². The second kappa shape index (κ2) is 4.82. The molecular weight excluding hydrogens is 270 g/mol. The highest BCUT2D eigenvalue weighted by molar-refractivity contribution is 5.81. The summed E-state index contributed by atoms with van der Waals surface area (Å²) in [5.41, 5.74) is 0.547. The van der Waals surface area contributed by atoms with Gasteiger partial charge < -0.3 is 0 Å². The minimum absolute atomic E-state index is 0.0738. The van der Waals surface area contributed by atoms with Crippen molar-refractivity contribution >= 4 is 16.6 Å². The number of rotatable bonds is 2. The van der Waals surface area contributed by atoms with Crippen molar-refractivity contribution in [1.82, 2.24) is 9.55 Å². The van der Waals surface area contributed by atoms with Crippen molar-refractivity contribution in [3.63, 3.8) is 0 Å². The molecule has 1 aromatic heterocycles. The molecular formula is C15H11N3O3. The van der Waals surface area contributed by atoms with Crippen LogP contribution in [0.1, 0.15) is 0 Å². The lowest BCUT2D eigenvalue weighted by molar-refractivity contribution is -0.384. The van der Waals surface area contributed by atoms with Gasteiger partial charge in [0.25, 0.3) is 11.2 Å². The van der Waals surface area contributed by atoms with Gasteiger partial charge in [0.15, 0.2) is 0 Å². The molecule has 0 aliphatic rings. The summed E-state index contributed by atoms with van der Waals surface area (Å²) in [6, 6.07) is 13.2. The smallest absolute Gasteiger partial charge is 0.280 e. The Morgan fingerprint density at radius 1 is 1.10 bits per heavy atom. The maximum Gasteiger partial charge on any atom is 0.280 e. The van der Waals surface area contributed by atoms with Crippen molar-refractivity contribution in [2.24, 2.45) is 7.05 Å². The number of nitro groups is 1. The number of hydrogen-bond acceptors (Lipinski definition) is 4. The average molecular weight is 281 g/mol. The fourth-order valence-electron chi connectivity index (χ4n) is 2.28. The molecule has 0 N–H and O–H groups in total. The third-order valence-corrected chi connectivity index (χ3v) is 3.32. The van der Waals surface area contributed by atoms with Crippen LogP contribution in [0.3, 0.4) is 0 Å².